The van der Waals surface area contributed by atoms with Crippen LogP contribution in [0, 0.1) is 0 Å². The Labute approximate surface area is 112 Å². The number of amides is 1. The van der Waals surface area contributed by atoms with Gasteiger partial charge in [-0.05, 0) is 43.3 Å². The monoisotopic (exact) mass is 258 g/mol. The molecule has 1 amide bonds. The summed E-state index contributed by atoms with van der Waals surface area (Å²) in [5.41, 5.74) is 1.76. The summed E-state index contributed by atoms with van der Waals surface area (Å²) < 4.78 is 1.77. The van der Waals surface area contributed by atoms with Gasteiger partial charge in [-0.25, -0.2) is 4.68 Å². The molecule has 0 bridgehead atoms. The third kappa shape index (κ3) is 3.93. The Hall–Kier alpha value is -2.14. The molecule has 19 heavy (non-hydrogen) atoms. The zero-order valence-corrected chi connectivity index (χ0v) is 11.0. The first-order valence-corrected chi connectivity index (χ1v) is 6.40. The molecule has 0 radical (unpaired) electrons. The number of rotatable bonds is 6. The molecule has 2 N–H and O–H groups in total. The Kier molecular flexibility index (Phi) is 4.69. The molecule has 5 heteroatoms. The van der Waals surface area contributed by atoms with Gasteiger partial charge in [0.15, 0.2) is 0 Å². The lowest BCUT2D eigenvalue weighted by Gasteiger charge is -2.07. The molecule has 0 atom stereocenters. The molecule has 1 aromatic carbocycles. The van der Waals surface area contributed by atoms with Gasteiger partial charge in [-0.3, -0.25) is 4.79 Å². The summed E-state index contributed by atoms with van der Waals surface area (Å²) in [5.74, 6) is -0.0275. The molecular weight excluding hydrogens is 240 g/mol. The van der Waals surface area contributed by atoms with E-state index >= 15 is 0 Å². The Morgan fingerprint density at radius 2 is 2.11 bits per heavy atom. The van der Waals surface area contributed by atoms with Gasteiger partial charge in [0.1, 0.15) is 0 Å². The fourth-order valence-electron chi connectivity index (χ4n) is 1.70. The molecule has 0 fully saturated rings. The van der Waals surface area contributed by atoms with Gasteiger partial charge in [-0.15, -0.1) is 0 Å². The van der Waals surface area contributed by atoms with E-state index in [4.69, 9.17) is 0 Å². The van der Waals surface area contributed by atoms with Crippen LogP contribution in [-0.4, -0.2) is 28.8 Å². The summed E-state index contributed by atoms with van der Waals surface area (Å²) in [7, 11) is 0. The number of anilines is 1. The maximum atomic E-state index is 11.6. The second-order valence-corrected chi connectivity index (χ2v) is 4.22. The fourth-order valence-corrected chi connectivity index (χ4v) is 1.70. The molecule has 5 nitrogen and oxygen atoms in total. The number of carbonyl (C=O) groups excluding carboxylic acids is 1. The van der Waals surface area contributed by atoms with Gasteiger partial charge in [0.2, 0.25) is 5.91 Å². The summed E-state index contributed by atoms with van der Waals surface area (Å²) in [6.07, 6.45) is 4.63. The molecule has 0 saturated carbocycles. The van der Waals surface area contributed by atoms with Gasteiger partial charge in [-0.1, -0.05) is 6.92 Å². The van der Waals surface area contributed by atoms with E-state index in [1.165, 1.54) is 0 Å². The second-order valence-electron chi connectivity index (χ2n) is 4.22. The number of hydrogen-bond acceptors (Lipinski definition) is 3. The second kappa shape index (κ2) is 6.70. The zero-order chi connectivity index (χ0) is 13.5. The van der Waals surface area contributed by atoms with Crippen molar-refractivity contribution in [2.75, 3.05) is 18.4 Å². The van der Waals surface area contributed by atoms with Crippen LogP contribution < -0.4 is 10.6 Å². The maximum Gasteiger partial charge on any atom is 0.238 e. The number of nitrogens with one attached hydrogen (secondary N) is 2. The summed E-state index contributed by atoms with van der Waals surface area (Å²) >= 11 is 0. The van der Waals surface area contributed by atoms with Crippen molar-refractivity contribution in [3.05, 3.63) is 42.7 Å². The minimum absolute atomic E-state index is 0.0275. The molecule has 100 valence electrons. The predicted molar refractivity (Wildman–Crippen MR) is 75.4 cm³/mol. The maximum absolute atomic E-state index is 11.6. The van der Waals surface area contributed by atoms with Crippen LogP contribution in [0.5, 0.6) is 0 Å². The summed E-state index contributed by atoms with van der Waals surface area (Å²) in [4.78, 5) is 11.6. The van der Waals surface area contributed by atoms with Crippen molar-refractivity contribution < 1.29 is 4.79 Å². The molecule has 1 heterocycles. The van der Waals surface area contributed by atoms with Crippen molar-refractivity contribution in [1.82, 2.24) is 15.1 Å². The highest BCUT2D eigenvalue weighted by Crippen LogP contribution is 2.12. The number of benzene rings is 1. The largest absolute Gasteiger partial charge is 0.325 e. The van der Waals surface area contributed by atoms with Crippen molar-refractivity contribution in [3.63, 3.8) is 0 Å². The van der Waals surface area contributed by atoms with Crippen molar-refractivity contribution in [3.8, 4) is 5.69 Å². The molecule has 0 aliphatic carbocycles. The van der Waals surface area contributed by atoms with Gasteiger partial charge in [0.05, 0.1) is 12.2 Å². The highest BCUT2D eigenvalue weighted by atomic mass is 16.1. The van der Waals surface area contributed by atoms with E-state index in [9.17, 15) is 4.79 Å². The Bertz CT molecular complexity index is 505. The Morgan fingerprint density at radius 1 is 1.32 bits per heavy atom. The predicted octanol–water partition coefficient (Wildman–Crippen LogP) is 1.81. The minimum Gasteiger partial charge on any atom is -0.325 e. The van der Waals surface area contributed by atoms with Crippen LogP contribution in [-0.2, 0) is 4.79 Å². The molecule has 0 aliphatic heterocycles. The first kappa shape index (κ1) is 13.3. The van der Waals surface area contributed by atoms with Gasteiger partial charge < -0.3 is 10.6 Å². The van der Waals surface area contributed by atoms with E-state index < -0.39 is 0 Å². The van der Waals surface area contributed by atoms with Gasteiger partial charge >= 0.3 is 0 Å². The number of aromatic nitrogens is 2. The standard InChI is InChI=1S/C14H18N4O/c1-2-8-15-11-14(19)17-12-4-6-13(7-5-12)18-10-3-9-16-18/h3-7,9-10,15H,2,8,11H2,1H3,(H,17,19). The van der Waals surface area contributed by atoms with Crippen molar-refractivity contribution in [2.45, 2.75) is 13.3 Å². The van der Waals surface area contributed by atoms with Crippen LogP contribution in [0.15, 0.2) is 42.7 Å². The van der Waals surface area contributed by atoms with Crippen LogP contribution in [0.25, 0.3) is 5.69 Å². The molecule has 0 aliphatic rings. The lowest BCUT2D eigenvalue weighted by Crippen LogP contribution is -2.28. The van der Waals surface area contributed by atoms with Gasteiger partial charge in [-0.2, -0.15) is 5.10 Å². The molecule has 0 spiro atoms. The zero-order valence-electron chi connectivity index (χ0n) is 11.0. The highest BCUT2D eigenvalue weighted by Gasteiger charge is 2.02. The molecule has 1 aromatic heterocycles. The van der Waals surface area contributed by atoms with Crippen LogP contribution in [0.3, 0.4) is 0 Å². The first-order valence-electron chi connectivity index (χ1n) is 6.40. The number of nitrogens with zero attached hydrogens (tertiary/aromatic N) is 2. The Morgan fingerprint density at radius 3 is 2.74 bits per heavy atom. The minimum atomic E-state index is -0.0275. The van der Waals surface area contributed by atoms with E-state index in [1.54, 1.807) is 10.9 Å². The quantitative estimate of drug-likeness (QED) is 0.777. The van der Waals surface area contributed by atoms with Gasteiger partial charge in [0.25, 0.3) is 0 Å². The van der Waals surface area contributed by atoms with Crippen LogP contribution in [0.4, 0.5) is 5.69 Å². The molecule has 2 aromatic rings. The first-order chi connectivity index (χ1) is 9.29. The average molecular weight is 258 g/mol. The van der Waals surface area contributed by atoms with Crippen molar-refractivity contribution in [1.29, 1.82) is 0 Å². The third-order valence-corrected chi connectivity index (χ3v) is 2.63. The third-order valence-electron chi connectivity index (χ3n) is 2.63. The van der Waals surface area contributed by atoms with E-state index in [0.717, 1.165) is 24.3 Å². The smallest absolute Gasteiger partial charge is 0.238 e. The molecule has 2 rings (SSSR count). The average Bonchev–Trinajstić information content (AvgIpc) is 2.94. The topological polar surface area (TPSA) is 59.0 Å². The van der Waals surface area contributed by atoms with Crippen LogP contribution in [0.2, 0.25) is 0 Å². The van der Waals surface area contributed by atoms with E-state index in [0.29, 0.717) is 6.54 Å². The summed E-state index contributed by atoms with van der Waals surface area (Å²) in [6, 6.07) is 9.45. The SMILES string of the molecule is CCCNCC(=O)Nc1ccc(-n2cccn2)cc1. The number of hydrogen-bond donors (Lipinski definition) is 2. The van der Waals surface area contributed by atoms with Crippen molar-refractivity contribution >= 4 is 11.6 Å². The van der Waals surface area contributed by atoms with Gasteiger partial charge in [0, 0.05) is 18.1 Å². The van der Waals surface area contributed by atoms with Crippen LogP contribution >= 0.6 is 0 Å². The van der Waals surface area contributed by atoms with Crippen molar-refractivity contribution in [2.24, 2.45) is 0 Å². The summed E-state index contributed by atoms with van der Waals surface area (Å²) in [5, 5.41) is 10.1. The Balaban J connectivity index is 1.90. The highest BCUT2D eigenvalue weighted by molar-refractivity contribution is 5.92. The summed E-state index contributed by atoms with van der Waals surface area (Å²) in [6.45, 7) is 3.26. The molecule has 0 saturated heterocycles. The number of carbonyl (C=O) groups is 1. The van der Waals surface area contributed by atoms with Crippen LogP contribution in [0.1, 0.15) is 13.3 Å². The normalized spacial score (nSPS) is 10.4. The fraction of sp³-hybridized carbons (Fsp3) is 0.286. The lowest BCUT2D eigenvalue weighted by molar-refractivity contribution is -0.115. The van der Waals surface area contributed by atoms with E-state index in [1.807, 2.05) is 36.5 Å². The van der Waals surface area contributed by atoms with E-state index in [2.05, 4.69) is 22.7 Å². The van der Waals surface area contributed by atoms with E-state index in [-0.39, 0.29) is 5.91 Å². The molecular formula is C14H18N4O. The lowest BCUT2D eigenvalue weighted by atomic mass is 10.3. The molecule has 0 unspecified atom stereocenters.